The van der Waals surface area contributed by atoms with E-state index in [0.717, 1.165) is 0 Å². The third kappa shape index (κ3) is 3.72. The number of carbonyl (C=O) groups excluding carboxylic acids is 2. The van der Waals surface area contributed by atoms with Crippen molar-refractivity contribution in [2.24, 2.45) is 11.8 Å². The van der Waals surface area contributed by atoms with Gasteiger partial charge in [-0.2, -0.15) is 0 Å². The van der Waals surface area contributed by atoms with Crippen LogP contribution < -0.4 is 5.32 Å². The maximum absolute atomic E-state index is 12.0. The fourth-order valence-electron chi connectivity index (χ4n) is 2.22. The van der Waals surface area contributed by atoms with Crippen LogP contribution in [0.15, 0.2) is 12.7 Å². The summed E-state index contributed by atoms with van der Waals surface area (Å²) in [5.41, 5.74) is 0. The Kier molecular flexibility index (Phi) is 5.54. The lowest BCUT2D eigenvalue weighted by Crippen LogP contribution is -2.47. The maximum Gasteiger partial charge on any atom is 0.326 e. The molecule has 0 aromatic rings. The van der Waals surface area contributed by atoms with Crippen molar-refractivity contribution >= 4 is 18.0 Å². The van der Waals surface area contributed by atoms with Gasteiger partial charge in [0.2, 0.25) is 0 Å². The molecule has 20 heavy (non-hydrogen) atoms. The van der Waals surface area contributed by atoms with Crippen molar-refractivity contribution in [3.63, 3.8) is 0 Å². The second-order valence-corrected chi connectivity index (χ2v) is 4.88. The van der Waals surface area contributed by atoms with Gasteiger partial charge in [-0.15, -0.1) is 6.58 Å². The lowest BCUT2D eigenvalue weighted by Gasteiger charge is -2.20. The predicted octanol–water partition coefficient (Wildman–Crippen LogP) is 0.466. The first-order valence-corrected chi connectivity index (χ1v) is 6.37. The molecular weight excluding hydrogens is 264 g/mol. The Morgan fingerprint density at radius 1 is 1.50 bits per heavy atom. The summed E-state index contributed by atoms with van der Waals surface area (Å²) < 4.78 is 4.69. The van der Waals surface area contributed by atoms with Gasteiger partial charge in [-0.05, 0) is 12.3 Å². The van der Waals surface area contributed by atoms with E-state index in [4.69, 9.17) is 5.11 Å². The number of hydrogen-bond donors (Lipinski definition) is 2. The van der Waals surface area contributed by atoms with E-state index >= 15 is 0 Å². The smallest absolute Gasteiger partial charge is 0.326 e. The molecule has 1 aliphatic rings. The first kappa shape index (κ1) is 16.0. The van der Waals surface area contributed by atoms with Crippen LogP contribution >= 0.6 is 0 Å². The highest BCUT2D eigenvalue weighted by atomic mass is 16.5. The minimum atomic E-state index is -1.12. The molecule has 2 N–H and O–H groups in total. The van der Waals surface area contributed by atoms with Gasteiger partial charge in [0, 0.05) is 13.1 Å². The lowest BCUT2D eigenvalue weighted by molar-refractivity contribution is -0.146. The van der Waals surface area contributed by atoms with E-state index in [2.05, 4.69) is 16.6 Å². The van der Waals surface area contributed by atoms with Crippen LogP contribution in [-0.2, 0) is 14.3 Å². The van der Waals surface area contributed by atoms with Gasteiger partial charge in [0.1, 0.15) is 6.04 Å². The third-order valence-corrected chi connectivity index (χ3v) is 3.40. The first-order chi connectivity index (χ1) is 9.40. The summed E-state index contributed by atoms with van der Waals surface area (Å²) in [7, 11) is 1.31. The van der Waals surface area contributed by atoms with Gasteiger partial charge in [-0.25, -0.2) is 9.59 Å². The van der Waals surface area contributed by atoms with Crippen LogP contribution in [0.25, 0.3) is 0 Å². The Bertz CT molecular complexity index is 410. The molecule has 1 saturated heterocycles. The summed E-state index contributed by atoms with van der Waals surface area (Å²) in [6.45, 7) is 5.94. The molecule has 1 heterocycles. The average Bonchev–Trinajstić information content (AvgIpc) is 2.79. The second-order valence-electron chi connectivity index (χ2n) is 4.88. The molecule has 0 saturated carbocycles. The molecule has 1 rings (SSSR count). The number of aliphatic carboxylic acids is 1. The molecule has 7 heteroatoms. The molecular formula is C13H20N2O5. The van der Waals surface area contributed by atoms with Crippen LogP contribution in [0.5, 0.6) is 0 Å². The van der Waals surface area contributed by atoms with Gasteiger partial charge in [-0.3, -0.25) is 4.79 Å². The van der Waals surface area contributed by atoms with E-state index in [1.165, 1.54) is 18.1 Å². The second kappa shape index (κ2) is 6.93. The molecule has 0 bridgehead atoms. The highest BCUT2D eigenvalue weighted by molar-refractivity contribution is 5.83. The largest absolute Gasteiger partial charge is 0.480 e. The van der Waals surface area contributed by atoms with Gasteiger partial charge in [0.05, 0.1) is 13.0 Å². The average molecular weight is 284 g/mol. The van der Waals surface area contributed by atoms with Crippen molar-refractivity contribution in [3.05, 3.63) is 12.7 Å². The highest BCUT2D eigenvalue weighted by Crippen LogP contribution is 2.24. The van der Waals surface area contributed by atoms with E-state index in [0.29, 0.717) is 6.54 Å². The Balaban J connectivity index is 2.63. The number of carboxylic acid groups (broad SMARTS) is 1. The van der Waals surface area contributed by atoms with Crippen molar-refractivity contribution in [3.8, 4) is 0 Å². The molecule has 0 spiro atoms. The summed E-state index contributed by atoms with van der Waals surface area (Å²) >= 11 is 0. The number of nitrogens with one attached hydrogen (secondary N) is 1. The number of rotatable bonds is 5. The van der Waals surface area contributed by atoms with Crippen molar-refractivity contribution in [1.29, 1.82) is 0 Å². The SMILES string of the molecule is C=CCC(NC(=O)N1CC(C)C(C(=O)OC)C1)C(=O)O. The van der Waals surface area contributed by atoms with Crippen LogP contribution in [-0.4, -0.2) is 54.2 Å². The number of amides is 2. The zero-order chi connectivity index (χ0) is 15.3. The number of carbonyl (C=O) groups is 3. The molecule has 0 aromatic carbocycles. The molecule has 2 amide bonds. The van der Waals surface area contributed by atoms with Gasteiger partial charge >= 0.3 is 18.0 Å². The number of hydrogen-bond acceptors (Lipinski definition) is 4. The molecule has 0 aliphatic carbocycles. The number of methoxy groups -OCH3 is 1. The normalized spacial score (nSPS) is 23.0. The summed E-state index contributed by atoms with van der Waals surface area (Å²) in [4.78, 5) is 35.9. The van der Waals surface area contributed by atoms with Crippen molar-refractivity contribution in [2.75, 3.05) is 20.2 Å². The van der Waals surface area contributed by atoms with E-state index < -0.39 is 18.0 Å². The number of carboxylic acids is 1. The standard InChI is InChI=1S/C13H20N2O5/c1-4-5-10(11(16)17)14-13(19)15-6-8(2)9(7-15)12(18)20-3/h4,8-10H,1,5-7H2,2-3H3,(H,14,19)(H,16,17). The quantitative estimate of drug-likeness (QED) is 0.565. The Morgan fingerprint density at radius 3 is 2.65 bits per heavy atom. The summed E-state index contributed by atoms with van der Waals surface area (Å²) in [5, 5.41) is 11.4. The Hall–Kier alpha value is -2.05. The van der Waals surface area contributed by atoms with Crippen LogP contribution in [0, 0.1) is 11.8 Å². The zero-order valence-corrected chi connectivity index (χ0v) is 11.7. The topological polar surface area (TPSA) is 95.9 Å². The number of esters is 1. The summed E-state index contributed by atoms with van der Waals surface area (Å²) in [6.07, 6.45) is 1.58. The minimum absolute atomic E-state index is 0.0177. The minimum Gasteiger partial charge on any atom is -0.480 e. The van der Waals surface area contributed by atoms with Gasteiger partial charge < -0.3 is 20.1 Å². The van der Waals surface area contributed by atoms with Crippen LogP contribution in [0.1, 0.15) is 13.3 Å². The van der Waals surface area contributed by atoms with Crippen molar-refractivity contribution in [2.45, 2.75) is 19.4 Å². The number of urea groups is 1. The van der Waals surface area contributed by atoms with E-state index in [1.54, 1.807) is 0 Å². The molecule has 3 unspecified atom stereocenters. The number of nitrogens with zero attached hydrogens (tertiary/aromatic N) is 1. The number of ether oxygens (including phenoxy) is 1. The fourth-order valence-corrected chi connectivity index (χ4v) is 2.22. The van der Waals surface area contributed by atoms with Crippen molar-refractivity contribution < 1.29 is 24.2 Å². The van der Waals surface area contributed by atoms with E-state index in [-0.39, 0.29) is 30.8 Å². The third-order valence-electron chi connectivity index (χ3n) is 3.40. The van der Waals surface area contributed by atoms with Gasteiger partial charge in [0.15, 0.2) is 0 Å². The van der Waals surface area contributed by atoms with Crippen LogP contribution in [0.3, 0.4) is 0 Å². The van der Waals surface area contributed by atoms with Gasteiger partial charge in [-0.1, -0.05) is 13.0 Å². The molecule has 1 aliphatic heterocycles. The molecule has 0 aromatic heterocycles. The molecule has 112 valence electrons. The molecule has 1 fully saturated rings. The zero-order valence-electron chi connectivity index (χ0n) is 11.7. The molecule has 7 nitrogen and oxygen atoms in total. The first-order valence-electron chi connectivity index (χ1n) is 6.37. The molecule has 0 radical (unpaired) electrons. The summed E-state index contributed by atoms with van der Waals surface area (Å²) in [6, 6.07) is -1.50. The van der Waals surface area contributed by atoms with Crippen molar-refractivity contribution in [1.82, 2.24) is 10.2 Å². The highest BCUT2D eigenvalue weighted by Gasteiger charge is 2.38. The molecule has 3 atom stereocenters. The Labute approximate surface area is 117 Å². The van der Waals surface area contributed by atoms with Crippen LogP contribution in [0.2, 0.25) is 0 Å². The van der Waals surface area contributed by atoms with E-state index in [9.17, 15) is 14.4 Å². The lowest BCUT2D eigenvalue weighted by atomic mass is 9.99. The fraction of sp³-hybridized carbons (Fsp3) is 0.615. The predicted molar refractivity (Wildman–Crippen MR) is 71.0 cm³/mol. The van der Waals surface area contributed by atoms with Crippen LogP contribution in [0.4, 0.5) is 4.79 Å². The van der Waals surface area contributed by atoms with Gasteiger partial charge in [0.25, 0.3) is 0 Å². The van der Waals surface area contributed by atoms with E-state index in [1.807, 2.05) is 6.92 Å². The maximum atomic E-state index is 12.0. The Morgan fingerprint density at radius 2 is 2.15 bits per heavy atom. The summed E-state index contributed by atoms with van der Waals surface area (Å²) in [5.74, 6) is -1.85. The monoisotopic (exact) mass is 284 g/mol. The number of likely N-dealkylation sites (tertiary alicyclic amines) is 1.